The molecule has 13 heavy (non-hydrogen) atoms. The van der Waals surface area contributed by atoms with Crippen LogP contribution >= 0.6 is 0 Å². The van der Waals surface area contributed by atoms with Gasteiger partial charge in [-0.25, -0.2) is 0 Å². The van der Waals surface area contributed by atoms with Crippen LogP contribution in [0.1, 0.15) is 39.5 Å². The summed E-state index contributed by atoms with van der Waals surface area (Å²) >= 11 is 0. The van der Waals surface area contributed by atoms with Gasteiger partial charge in [-0.3, -0.25) is 4.79 Å². The first kappa shape index (κ1) is 12.4. The Kier molecular flexibility index (Phi) is 7.69. The average Bonchev–Trinajstić information content (AvgIpc) is 2.10. The highest BCUT2D eigenvalue weighted by Gasteiger charge is 2.13. The first-order valence-electron chi connectivity index (χ1n) is 5.02. The number of ether oxygens (including phenoxy) is 1. The fourth-order valence-electron chi connectivity index (χ4n) is 1.24. The summed E-state index contributed by atoms with van der Waals surface area (Å²) < 4.78 is 5.16. The zero-order chi connectivity index (χ0) is 10.1. The third-order valence-corrected chi connectivity index (χ3v) is 2.14. The van der Waals surface area contributed by atoms with Gasteiger partial charge in [0.1, 0.15) is 0 Å². The SMILES string of the molecule is CCOCCCCC(CC)C(=O)O. The van der Waals surface area contributed by atoms with Gasteiger partial charge in [-0.1, -0.05) is 13.3 Å². The highest BCUT2D eigenvalue weighted by atomic mass is 16.5. The molecule has 0 aliphatic carbocycles. The second-order valence-electron chi connectivity index (χ2n) is 3.14. The highest BCUT2D eigenvalue weighted by molar-refractivity contribution is 5.69. The van der Waals surface area contributed by atoms with E-state index in [4.69, 9.17) is 9.84 Å². The second kappa shape index (κ2) is 8.05. The van der Waals surface area contributed by atoms with E-state index in [2.05, 4.69) is 0 Å². The van der Waals surface area contributed by atoms with Crippen molar-refractivity contribution in [1.29, 1.82) is 0 Å². The third kappa shape index (κ3) is 6.58. The fraction of sp³-hybridized carbons (Fsp3) is 0.900. The quantitative estimate of drug-likeness (QED) is 0.594. The Balaban J connectivity index is 3.33. The minimum atomic E-state index is -0.668. The molecule has 0 aromatic heterocycles. The van der Waals surface area contributed by atoms with Crippen molar-refractivity contribution in [2.45, 2.75) is 39.5 Å². The van der Waals surface area contributed by atoms with Crippen molar-refractivity contribution in [3.8, 4) is 0 Å². The molecule has 1 N–H and O–H groups in total. The molecule has 3 nitrogen and oxygen atoms in total. The maximum absolute atomic E-state index is 10.6. The Labute approximate surface area is 80.1 Å². The molecule has 0 aromatic rings. The van der Waals surface area contributed by atoms with Gasteiger partial charge in [-0.05, 0) is 26.2 Å². The van der Waals surface area contributed by atoms with Crippen LogP contribution in [0.25, 0.3) is 0 Å². The van der Waals surface area contributed by atoms with Crippen LogP contribution in [0.2, 0.25) is 0 Å². The van der Waals surface area contributed by atoms with Crippen LogP contribution in [0.4, 0.5) is 0 Å². The van der Waals surface area contributed by atoms with E-state index < -0.39 is 5.97 Å². The van der Waals surface area contributed by atoms with Crippen molar-refractivity contribution in [1.82, 2.24) is 0 Å². The molecule has 78 valence electrons. The van der Waals surface area contributed by atoms with Crippen LogP contribution in [0.3, 0.4) is 0 Å². The second-order valence-corrected chi connectivity index (χ2v) is 3.14. The first-order valence-corrected chi connectivity index (χ1v) is 5.02. The number of aliphatic carboxylic acids is 1. The number of hydrogen-bond donors (Lipinski definition) is 1. The molecule has 0 amide bonds. The van der Waals surface area contributed by atoms with E-state index in [0.29, 0.717) is 0 Å². The topological polar surface area (TPSA) is 46.5 Å². The molecule has 1 atom stereocenters. The molecule has 0 radical (unpaired) electrons. The largest absolute Gasteiger partial charge is 0.481 e. The molecule has 0 bridgehead atoms. The number of carboxylic acid groups (broad SMARTS) is 1. The van der Waals surface area contributed by atoms with Crippen molar-refractivity contribution in [2.24, 2.45) is 5.92 Å². The Morgan fingerprint density at radius 3 is 2.54 bits per heavy atom. The van der Waals surface area contributed by atoms with E-state index in [1.807, 2.05) is 13.8 Å². The lowest BCUT2D eigenvalue weighted by atomic mass is 10.00. The van der Waals surface area contributed by atoms with Gasteiger partial charge in [0.25, 0.3) is 0 Å². The Morgan fingerprint density at radius 1 is 1.38 bits per heavy atom. The predicted octanol–water partition coefficient (Wildman–Crippen LogP) is 2.30. The zero-order valence-electron chi connectivity index (χ0n) is 8.58. The normalized spacial score (nSPS) is 12.8. The average molecular weight is 188 g/mol. The van der Waals surface area contributed by atoms with Crippen LogP contribution in [0, 0.1) is 5.92 Å². The zero-order valence-corrected chi connectivity index (χ0v) is 8.58. The van der Waals surface area contributed by atoms with Gasteiger partial charge in [0.2, 0.25) is 0 Å². The van der Waals surface area contributed by atoms with Crippen molar-refractivity contribution in [3.63, 3.8) is 0 Å². The summed E-state index contributed by atoms with van der Waals surface area (Å²) in [6.07, 6.45) is 3.42. The van der Waals surface area contributed by atoms with Crippen LogP contribution in [0.5, 0.6) is 0 Å². The van der Waals surface area contributed by atoms with Crippen molar-refractivity contribution in [3.05, 3.63) is 0 Å². The molecule has 0 heterocycles. The van der Waals surface area contributed by atoms with E-state index in [-0.39, 0.29) is 5.92 Å². The van der Waals surface area contributed by atoms with Gasteiger partial charge in [-0.2, -0.15) is 0 Å². The summed E-state index contributed by atoms with van der Waals surface area (Å²) in [6, 6.07) is 0. The minimum Gasteiger partial charge on any atom is -0.481 e. The van der Waals surface area contributed by atoms with Crippen LogP contribution in [0.15, 0.2) is 0 Å². The molecule has 3 heteroatoms. The monoisotopic (exact) mass is 188 g/mol. The van der Waals surface area contributed by atoms with Gasteiger partial charge in [0, 0.05) is 13.2 Å². The lowest BCUT2D eigenvalue weighted by molar-refractivity contribution is -0.142. The summed E-state index contributed by atoms with van der Waals surface area (Å²) in [7, 11) is 0. The molecule has 0 aromatic carbocycles. The smallest absolute Gasteiger partial charge is 0.306 e. The Hall–Kier alpha value is -0.570. The van der Waals surface area contributed by atoms with E-state index in [9.17, 15) is 4.79 Å². The molecule has 0 saturated carbocycles. The Bertz CT molecular complexity index is 134. The fourth-order valence-corrected chi connectivity index (χ4v) is 1.24. The highest BCUT2D eigenvalue weighted by Crippen LogP contribution is 2.12. The van der Waals surface area contributed by atoms with E-state index in [1.54, 1.807) is 0 Å². The molecule has 0 aliphatic heterocycles. The molecule has 0 spiro atoms. The number of hydrogen-bond acceptors (Lipinski definition) is 2. The summed E-state index contributed by atoms with van der Waals surface area (Å²) in [4.78, 5) is 10.6. The van der Waals surface area contributed by atoms with Crippen molar-refractivity contribution >= 4 is 5.97 Å². The first-order chi connectivity index (χ1) is 6.22. The molecule has 1 unspecified atom stereocenters. The van der Waals surface area contributed by atoms with Crippen LogP contribution < -0.4 is 0 Å². The van der Waals surface area contributed by atoms with Gasteiger partial charge < -0.3 is 9.84 Å². The third-order valence-electron chi connectivity index (χ3n) is 2.14. The number of unbranched alkanes of at least 4 members (excludes halogenated alkanes) is 1. The summed E-state index contributed by atoms with van der Waals surface area (Å²) in [6.45, 7) is 5.39. The maximum Gasteiger partial charge on any atom is 0.306 e. The van der Waals surface area contributed by atoms with Gasteiger partial charge in [0.15, 0.2) is 0 Å². The molecular formula is C10H20O3. The predicted molar refractivity (Wildman–Crippen MR) is 51.8 cm³/mol. The van der Waals surface area contributed by atoms with E-state index in [1.165, 1.54) is 0 Å². The summed E-state index contributed by atoms with van der Waals surface area (Å²) in [5, 5.41) is 8.74. The molecule has 0 rings (SSSR count). The van der Waals surface area contributed by atoms with Gasteiger partial charge in [-0.15, -0.1) is 0 Å². The number of carboxylic acids is 1. The Morgan fingerprint density at radius 2 is 2.08 bits per heavy atom. The van der Waals surface area contributed by atoms with E-state index in [0.717, 1.165) is 38.9 Å². The summed E-state index contributed by atoms with van der Waals surface area (Å²) in [5.74, 6) is -0.833. The van der Waals surface area contributed by atoms with Crippen molar-refractivity contribution in [2.75, 3.05) is 13.2 Å². The maximum atomic E-state index is 10.6. The van der Waals surface area contributed by atoms with Crippen LogP contribution in [-0.4, -0.2) is 24.3 Å². The number of rotatable bonds is 8. The lowest BCUT2D eigenvalue weighted by Crippen LogP contribution is -2.12. The molecule has 0 aliphatic rings. The van der Waals surface area contributed by atoms with Crippen molar-refractivity contribution < 1.29 is 14.6 Å². The summed E-state index contributed by atoms with van der Waals surface area (Å²) in [5.41, 5.74) is 0. The molecular weight excluding hydrogens is 168 g/mol. The lowest BCUT2D eigenvalue weighted by Gasteiger charge is -2.08. The van der Waals surface area contributed by atoms with Crippen LogP contribution in [-0.2, 0) is 9.53 Å². The molecule has 0 saturated heterocycles. The minimum absolute atomic E-state index is 0.165. The van der Waals surface area contributed by atoms with Gasteiger partial charge in [0.05, 0.1) is 5.92 Å². The molecule has 0 fully saturated rings. The number of carbonyl (C=O) groups is 1. The standard InChI is InChI=1S/C10H20O3/c1-3-9(10(11)12)7-5-6-8-13-4-2/h9H,3-8H2,1-2H3,(H,11,12). The van der Waals surface area contributed by atoms with Gasteiger partial charge >= 0.3 is 5.97 Å². The van der Waals surface area contributed by atoms with E-state index >= 15 is 0 Å².